The van der Waals surface area contributed by atoms with Crippen LogP contribution in [0.4, 0.5) is 17.1 Å². The summed E-state index contributed by atoms with van der Waals surface area (Å²) in [7, 11) is 0. The zero-order valence-electron chi connectivity index (χ0n) is 30.1. The van der Waals surface area contributed by atoms with E-state index in [0.29, 0.717) is 0 Å². The van der Waals surface area contributed by atoms with Gasteiger partial charge in [-0.1, -0.05) is 127 Å². The van der Waals surface area contributed by atoms with Crippen molar-refractivity contribution in [2.75, 3.05) is 4.90 Å². The molecule has 0 fully saturated rings. The highest BCUT2D eigenvalue weighted by molar-refractivity contribution is 7.25. The molecule has 3 heterocycles. The van der Waals surface area contributed by atoms with Crippen molar-refractivity contribution < 1.29 is 8.83 Å². The SMILES string of the molecule is c1ccc(-c2ccc(N(c3ccc4c(c3)oc3ccccc34)c3cccc4c3oc3cc(-c5cccc6sc7ccccc7c56)c5ccccc5c34)cc2)cc1. The highest BCUT2D eigenvalue weighted by Crippen LogP contribution is 2.48. The molecule has 262 valence electrons. The number of nitrogens with zero attached hydrogens (tertiary/aromatic N) is 1. The Morgan fingerprint density at radius 1 is 0.357 bits per heavy atom. The maximum Gasteiger partial charge on any atom is 0.159 e. The number of anilines is 3. The second-order valence-corrected chi connectivity index (χ2v) is 15.5. The summed E-state index contributed by atoms with van der Waals surface area (Å²) in [6, 6.07) is 67.0. The molecule has 3 nitrogen and oxygen atoms in total. The van der Waals surface area contributed by atoms with Gasteiger partial charge in [0.05, 0.1) is 11.4 Å². The third kappa shape index (κ3) is 4.70. The molecule has 12 aromatic rings. The number of furan rings is 2. The summed E-state index contributed by atoms with van der Waals surface area (Å²) < 4.78 is 16.1. The van der Waals surface area contributed by atoms with E-state index in [1.54, 1.807) is 0 Å². The first kappa shape index (κ1) is 31.2. The van der Waals surface area contributed by atoms with Gasteiger partial charge in [-0.15, -0.1) is 11.3 Å². The van der Waals surface area contributed by atoms with Gasteiger partial charge in [0.1, 0.15) is 16.7 Å². The third-order valence-electron chi connectivity index (χ3n) is 11.3. The van der Waals surface area contributed by atoms with Crippen LogP contribution in [0.1, 0.15) is 0 Å². The minimum Gasteiger partial charge on any atom is -0.456 e. The van der Waals surface area contributed by atoms with Crippen molar-refractivity contribution in [2.45, 2.75) is 0 Å². The number of fused-ring (bicyclic) bond motifs is 11. The van der Waals surface area contributed by atoms with Crippen LogP contribution in [-0.2, 0) is 0 Å². The second-order valence-electron chi connectivity index (χ2n) is 14.4. The summed E-state index contributed by atoms with van der Waals surface area (Å²) in [5.74, 6) is 0. The summed E-state index contributed by atoms with van der Waals surface area (Å²) >= 11 is 1.85. The van der Waals surface area contributed by atoms with Gasteiger partial charge in [0.2, 0.25) is 0 Å². The highest BCUT2D eigenvalue weighted by atomic mass is 32.1. The van der Waals surface area contributed by atoms with Gasteiger partial charge < -0.3 is 13.7 Å². The molecule has 0 saturated carbocycles. The predicted octanol–water partition coefficient (Wildman–Crippen LogP) is 15.8. The van der Waals surface area contributed by atoms with Crippen molar-refractivity contribution in [1.82, 2.24) is 0 Å². The summed E-state index contributed by atoms with van der Waals surface area (Å²) in [6.07, 6.45) is 0. The fraction of sp³-hybridized carbons (Fsp3) is 0. The van der Waals surface area contributed by atoms with E-state index in [2.05, 4.69) is 181 Å². The van der Waals surface area contributed by atoms with Gasteiger partial charge >= 0.3 is 0 Å². The van der Waals surface area contributed by atoms with Crippen molar-refractivity contribution >= 4 is 103 Å². The van der Waals surface area contributed by atoms with E-state index in [4.69, 9.17) is 8.83 Å². The second kappa shape index (κ2) is 12.2. The van der Waals surface area contributed by atoms with E-state index in [0.717, 1.165) is 66.5 Å². The molecular weight excluding hydrogens is 703 g/mol. The van der Waals surface area contributed by atoms with E-state index < -0.39 is 0 Å². The molecule has 12 rings (SSSR count). The molecule has 0 N–H and O–H groups in total. The van der Waals surface area contributed by atoms with Gasteiger partial charge in [0.25, 0.3) is 0 Å². The van der Waals surface area contributed by atoms with E-state index in [1.165, 1.54) is 47.6 Å². The first-order chi connectivity index (χ1) is 27.8. The lowest BCUT2D eigenvalue weighted by molar-refractivity contribution is 0.667. The molecule has 0 atom stereocenters. The van der Waals surface area contributed by atoms with Crippen LogP contribution in [0.15, 0.2) is 197 Å². The average molecular weight is 734 g/mol. The van der Waals surface area contributed by atoms with Crippen LogP contribution >= 0.6 is 11.3 Å². The van der Waals surface area contributed by atoms with Crippen LogP contribution in [0.25, 0.3) is 97.1 Å². The van der Waals surface area contributed by atoms with Gasteiger partial charge in [-0.3, -0.25) is 0 Å². The van der Waals surface area contributed by atoms with Crippen molar-refractivity contribution in [1.29, 1.82) is 0 Å². The largest absolute Gasteiger partial charge is 0.456 e. The molecule has 0 saturated heterocycles. The van der Waals surface area contributed by atoms with E-state index in [9.17, 15) is 0 Å². The smallest absolute Gasteiger partial charge is 0.159 e. The molecule has 56 heavy (non-hydrogen) atoms. The van der Waals surface area contributed by atoms with Crippen LogP contribution in [-0.4, -0.2) is 0 Å². The molecule has 0 unspecified atom stereocenters. The topological polar surface area (TPSA) is 29.5 Å². The van der Waals surface area contributed by atoms with Crippen LogP contribution < -0.4 is 4.90 Å². The molecule has 3 aromatic heterocycles. The maximum absolute atomic E-state index is 7.12. The van der Waals surface area contributed by atoms with E-state index >= 15 is 0 Å². The number of para-hydroxylation sites is 2. The number of rotatable bonds is 5. The molecule has 0 radical (unpaired) electrons. The number of hydrogen-bond acceptors (Lipinski definition) is 4. The lowest BCUT2D eigenvalue weighted by Gasteiger charge is -2.25. The van der Waals surface area contributed by atoms with Crippen molar-refractivity contribution in [3.05, 3.63) is 188 Å². The average Bonchev–Trinajstić information content (AvgIpc) is 3.95. The lowest BCUT2D eigenvalue weighted by atomic mass is 9.92. The molecular formula is C52H31NO2S. The molecule has 0 aliphatic rings. The molecule has 4 heteroatoms. The van der Waals surface area contributed by atoms with Crippen LogP contribution in [0.3, 0.4) is 0 Å². The van der Waals surface area contributed by atoms with Crippen LogP contribution in [0, 0.1) is 0 Å². The Morgan fingerprint density at radius 2 is 1.02 bits per heavy atom. The van der Waals surface area contributed by atoms with Crippen molar-refractivity contribution in [3.8, 4) is 22.3 Å². The van der Waals surface area contributed by atoms with Crippen LogP contribution in [0.2, 0.25) is 0 Å². The Kier molecular flexibility index (Phi) is 6.80. The van der Waals surface area contributed by atoms with Gasteiger partial charge in [-0.2, -0.15) is 0 Å². The molecule has 0 aliphatic heterocycles. The van der Waals surface area contributed by atoms with Gasteiger partial charge in [0.15, 0.2) is 5.58 Å². The first-order valence-electron chi connectivity index (χ1n) is 18.9. The fourth-order valence-electron chi connectivity index (χ4n) is 8.76. The Morgan fingerprint density at radius 3 is 1.89 bits per heavy atom. The van der Waals surface area contributed by atoms with Gasteiger partial charge in [0, 0.05) is 53.5 Å². The zero-order chi connectivity index (χ0) is 36.7. The zero-order valence-corrected chi connectivity index (χ0v) is 30.9. The summed E-state index contributed by atoms with van der Waals surface area (Å²) in [4.78, 5) is 2.30. The van der Waals surface area contributed by atoms with E-state index in [-0.39, 0.29) is 0 Å². The lowest BCUT2D eigenvalue weighted by Crippen LogP contribution is -2.10. The fourth-order valence-corrected chi connectivity index (χ4v) is 9.89. The van der Waals surface area contributed by atoms with Crippen molar-refractivity contribution in [2.24, 2.45) is 0 Å². The normalized spacial score (nSPS) is 11.9. The summed E-state index contributed by atoms with van der Waals surface area (Å²) in [5, 5.41) is 9.37. The minimum absolute atomic E-state index is 0.834. The Labute approximate surface area is 325 Å². The molecule has 0 spiro atoms. The Hall–Kier alpha value is -7.14. The summed E-state index contributed by atoms with van der Waals surface area (Å²) in [5.41, 5.74) is 11.1. The minimum atomic E-state index is 0.834. The van der Waals surface area contributed by atoms with Gasteiger partial charge in [-0.25, -0.2) is 0 Å². The first-order valence-corrected chi connectivity index (χ1v) is 19.7. The Balaban J connectivity index is 1.11. The number of hydrogen-bond donors (Lipinski definition) is 0. The monoisotopic (exact) mass is 733 g/mol. The van der Waals surface area contributed by atoms with E-state index in [1.807, 2.05) is 23.5 Å². The molecule has 0 aliphatic carbocycles. The Bertz CT molecular complexity index is 3480. The molecule has 0 amide bonds. The highest BCUT2D eigenvalue weighted by Gasteiger charge is 2.23. The summed E-state index contributed by atoms with van der Waals surface area (Å²) in [6.45, 7) is 0. The maximum atomic E-state index is 7.12. The third-order valence-corrected chi connectivity index (χ3v) is 12.4. The standard InChI is InChI=1S/C52H31NO2S/c1-2-12-32(13-3-1)33-24-26-34(27-25-33)53(35-28-29-38-37-15-6-8-21-45(37)54-46(38)30-35)44-20-10-19-42-50-39-16-5-4-14-36(39)43(31-47(50)55-52(42)44)40-18-11-23-49-51(40)41-17-7-9-22-48(41)56-49/h1-31H. The molecule has 9 aromatic carbocycles. The number of benzene rings is 9. The van der Waals surface area contributed by atoms with Crippen molar-refractivity contribution in [3.63, 3.8) is 0 Å². The van der Waals surface area contributed by atoms with Crippen LogP contribution in [0.5, 0.6) is 0 Å². The number of thiophene rings is 1. The predicted molar refractivity (Wildman–Crippen MR) is 237 cm³/mol. The quantitative estimate of drug-likeness (QED) is 0.176. The van der Waals surface area contributed by atoms with Gasteiger partial charge in [-0.05, 0) is 87.6 Å². The molecule has 0 bridgehead atoms.